The van der Waals surface area contributed by atoms with Crippen LogP contribution in [0.15, 0.2) is 60.7 Å². The molecule has 0 saturated carbocycles. The molecule has 248 valence electrons. The highest BCUT2D eigenvalue weighted by Gasteiger charge is 2.35. The van der Waals surface area contributed by atoms with Crippen molar-refractivity contribution in [2.75, 3.05) is 6.61 Å². The number of hydrogen-bond donors (Lipinski definition) is 2. The van der Waals surface area contributed by atoms with Gasteiger partial charge in [-0.05, 0) is 91.4 Å². The van der Waals surface area contributed by atoms with Gasteiger partial charge in [-0.1, -0.05) is 17.7 Å². The van der Waals surface area contributed by atoms with Crippen molar-refractivity contribution in [2.45, 2.75) is 57.5 Å². The van der Waals surface area contributed by atoms with Crippen molar-refractivity contribution in [3.63, 3.8) is 0 Å². The fraction of sp³-hybridized carbons (Fsp3) is 0.263. The van der Waals surface area contributed by atoms with E-state index in [1.165, 1.54) is 6.07 Å². The Balaban J connectivity index is 1.43. The highest BCUT2D eigenvalue weighted by Crippen LogP contribution is 2.50. The molecule has 0 amide bonds. The molecule has 2 N–H and O–H groups in total. The van der Waals surface area contributed by atoms with Crippen LogP contribution in [-0.2, 0) is 9.59 Å². The molecule has 1 unspecified atom stereocenters. The zero-order chi connectivity index (χ0) is 34.8. The Bertz CT molecular complexity index is 2040. The molecule has 0 aromatic heterocycles. The second-order valence-electron chi connectivity index (χ2n) is 12.2. The molecule has 4 aromatic rings. The van der Waals surface area contributed by atoms with Crippen molar-refractivity contribution in [1.82, 2.24) is 0 Å². The first-order valence-corrected chi connectivity index (χ1v) is 16.0. The third kappa shape index (κ3) is 7.11. The van der Waals surface area contributed by atoms with Crippen LogP contribution in [0.2, 0.25) is 5.02 Å². The standard InChI is InChI=1S/C38H31ClN2O8/c1-20-9-26(10-21(2)30(20)19-41)48-36-17-33-28(23(7-8-46-33)13-37(42)43)16-29(36)34-12-24(14-38(44)45)27-5-4-25(15-35(27)49-34)47-32-6-3-22(18-40)11-31(32)39/h3-6,9-11,15-17,23-24,34H,7-8,12-14H2,1-2H3,(H,42,43)(H,44,45)/t23-,24-,34?/m0/s1. The van der Waals surface area contributed by atoms with Crippen LogP contribution in [-0.4, -0.2) is 28.8 Å². The highest BCUT2D eigenvalue weighted by atomic mass is 35.5. The van der Waals surface area contributed by atoms with Gasteiger partial charge in [0.05, 0.1) is 47.7 Å². The zero-order valence-electron chi connectivity index (χ0n) is 26.7. The fourth-order valence-corrected chi connectivity index (χ4v) is 6.75. The van der Waals surface area contributed by atoms with E-state index in [-0.39, 0.29) is 23.8 Å². The number of carboxylic acids is 2. The van der Waals surface area contributed by atoms with E-state index in [2.05, 4.69) is 6.07 Å². The number of nitrogens with zero attached hydrogens (tertiary/aromatic N) is 2. The van der Waals surface area contributed by atoms with Crippen LogP contribution in [0.3, 0.4) is 0 Å². The maximum absolute atomic E-state index is 12.1. The van der Waals surface area contributed by atoms with Crippen LogP contribution in [0.4, 0.5) is 0 Å². The van der Waals surface area contributed by atoms with Gasteiger partial charge in [-0.25, -0.2) is 0 Å². The summed E-state index contributed by atoms with van der Waals surface area (Å²) in [7, 11) is 0. The third-order valence-corrected chi connectivity index (χ3v) is 9.12. The number of hydrogen-bond acceptors (Lipinski definition) is 8. The molecule has 0 spiro atoms. The van der Waals surface area contributed by atoms with Gasteiger partial charge >= 0.3 is 11.9 Å². The van der Waals surface area contributed by atoms with Crippen LogP contribution < -0.4 is 18.9 Å². The number of carbonyl (C=O) groups is 2. The van der Waals surface area contributed by atoms with E-state index in [1.807, 2.05) is 26.0 Å². The second kappa shape index (κ2) is 13.8. The van der Waals surface area contributed by atoms with E-state index >= 15 is 0 Å². The Morgan fingerprint density at radius 3 is 2.20 bits per heavy atom. The van der Waals surface area contributed by atoms with Crippen LogP contribution in [0, 0.1) is 36.5 Å². The molecule has 3 atom stereocenters. The van der Waals surface area contributed by atoms with E-state index < -0.39 is 24.0 Å². The van der Waals surface area contributed by atoms with Gasteiger partial charge in [0.15, 0.2) is 0 Å². The number of halogens is 1. The lowest BCUT2D eigenvalue weighted by molar-refractivity contribution is -0.138. The van der Waals surface area contributed by atoms with E-state index in [4.69, 9.17) is 30.5 Å². The monoisotopic (exact) mass is 678 g/mol. The number of aryl methyl sites for hydroxylation is 2. The molecule has 10 nitrogen and oxygen atoms in total. The lowest BCUT2D eigenvalue weighted by Crippen LogP contribution is -2.23. The number of rotatable bonds is 9. The van der Waals surface area contributed by atoms with Crippen molar-refractivity contribution < 1.29 is 38.7 Å². The van der Waals surface area contributed by atoms with Gasteiger partial charge in [0.1, 0.15) is 40.6 Å². The Kier molecular flexibility index (Phi) is 9.35. The lowest BCUT2D eigenvalue weighted by atomic mass is 9.83. The summed E-state index contributed by atoms with van der Waals surface area (Å²) in [5, 5.41) is 38.5. The van der Waals surface area contributed by atoms with Gasteiger partial charge in [0.2, 0.25) is 0 Å². The van der Waals surface area contributed by atoms with Crippen LogP contribution in [0.1, 0.15) is 82.6 Å². The normalized spacial score (nSPS) is 17.6. The average molecular weight is 679 g/mol. The van der Waals surface area contributed by atoms with E-state index in [0.29, 0.717) is 81.8 Å². The quantitative estimate of drug-likeness (QED) is 0.175. The number of fused-ring (bicyclic) bond motifs is 2. The first-order valence-electron chi connectivity index (χ1n) is 15.6. The summed E-state index contributed by atoms with van der Waals surface area (Å²) in [5.41, 5.74) is 4.44. The molecule has 0 aliphatic carbocycles. The topological polar surface area (TPSA) is 159 Å². The first-order chi connectivity index (χ1) is 23.5. The van der Waals surface area contributed by atoms with Gasteiger partial charge in [-0.15, -0.1) is 0 Å². The molecule has 2 aliphatic heterocycles. The third-order valence-electron chi connectivity index (χ3n) is 8.82. The number of aliphatic carboxylic acids is 2. The van der Waals surface area contributed by atoms with Crippen LogP contribution in [0.25, 0.3) is 0 Å². The molecule has 4 aromatic carbocycles. The molecule has 11 heteroatoms. The largest absolute Gasteiger partial charge is 0.493 e. The molecule has 2 heterocycles. The summed E-state index contributed by atoms with van der Waals surface area (Å²) >= 11 is 6.36. The molecule has 49 heavy (non-hydrogen) atoms. The molecule has 0 fully saturated rings. The number of carboxylic acid groups (broad SMARTS) is 2. The molecule has 0 bridgehead atoms. The Labute approximate surface area is 287 Å². The van der Waals surface area contributed by atoms with Crippen molar-refractivity contribution in [3.8, 4) is 46.6 Å². The molecule has 2 aliphatic rings. The van der Waals surface area contributed by atoms with Gasteiger partial charge in [-0.2, -0.15) is 10.5 Å². The predicted octanol–water partition coefficient (Wildman–Crippen LogP) is 8.71. The minimum atomic E-state index is -0.971. The minimum Gasteiger partial charge on any atom is -0.493 e. The summed E-state index contributed by atoms with van der Waals surface area (Å²) in [4.78, 5) is 23.8. The predicted molar refractivity (Wildman–Crippen MR) is 178 cm³/mol. The molecule has 0 saturated heterocycles. The smallest absolute Gasteiger partial charge is 0.303 e. The minimum absolute atomic E-state index is 0.0847. The van der Waals surface area contributed by atoms with Crippen molar-refractivity contribution >= 4 is 23.5 Å². The van der Waals surface area contributed by atoms with Gasteiger partial charge in [0.25, 0.3) is 0 Å². The molecular weight excluding hydrogens is 648 g/mol. The molecule has 6 rings (SSSR count). The highest BCUT2D eigenvalue weighted by molar-refractivity contribution is 6.32. The van der Waals surface area contributed by atoms with E-state index in [1.54, 1.807) is 48.5 Å². The van der Waals surface area contributed by atoms with Gasteiger partial charge < -0.3 is 29.2 Å². The Hall–Kier alpha value is -5.71. The summed E-state index contributed by atoms with van der Waals surface area (Å²) in [6.07, 6.45) is -0.125. The SMILES string of the molecule is Cc1cc(Oc2cc3c(cc2C2C[C@@H](CC(=O)O)c4ccc(Oc5ccc(C#N)cc5Cl)cc4O2)[C@H](CC(=O)O)CCO3)cc(C)c1C#N. The maximum atomic E-state index is 12.1. The lowest BCUT2D eigenvalue weighted by Gasteiger charge is -2.34. The summed E-state index contributed by atoms with van der Waals surface area (Å²) in [6.45, 7) is 4.00. The van der Waals surface area contributed by atoms with E-state index in [9.17, 15) is 30.3 Å². The van der Waals surface area contributed by atoms with E-state index in [0.717, 1.165) is 11.1 Å². The van der Waals surface area contributed by atoms with Crippen molar-refractivity contribution in [1.29, 1.82) is 10.5 Å². The summed E-state index contributed by atoms with van der Waals surface area (Å²) in [6, 6.07) is 21.2. The van der Waals surface area contributed by atoms with Gasteiger partial charge in [-0.3, -0.25) is 9.59 Å². The van der Waals surface area contributed by atoms with Crippen molar-refractivity contribution in [3.05, 3.63) is 105 Å². The van der Waals surface area contributed by atoms with Gasteiger partial charge in [0, 0.05) is 29.5 Å². The second-order valence-corrected chi connectivity index (χ2v) is 12.6. The number of ether oxygens (including phenoxy) is 4. The van der Waals surface area contributed by atoms with Crippen molar-refractivity contribution in [2.24, 2.45) is 0 Å². The molecule has 0 radical (unpaired) electrons. The number of benzene rings is 4. The fourth-order valence-electron chi connectivity index (χ4n) is 6.53. The van der Waals surface area contributed by atoms with Crippen LogP contribution >= 0.6 is 11.6 Å². The number of nitriles is 2. The first kappa shape index (κ1) is 33.2. The van der Waals surface area contributed by atoms with Crippen LogP contribution in [0.5, 0.6) is 34.5 Å². The molecular formula is C38H31ClN2O8. The zero-order valence-corrected chi connectivity index (χ0v) is 27.4. The maximum Gasteiger partial charge on any atom is 0.303 e. The summed E-state index contributed by atoms with van der Waals surface area (Å²) in [5.74, 6) is -0.116. The Morgan fingerprint density at radius 1 is 0.816 bits per heavy atom. The summed E-state index contributed by atoms with van der Waals surface area (Å²) < 4.78 is 25.1. The average Bonchev–Trinajstić information content (AvgIpc) is 3.04. The Morgan fingerprint density at radius 2 is 1.53 bits per heavy atom.